The van der Waals surface area contributed by atoms with Crippen LogP contribution in [0.15, 0.2) is 0 Å². The molecule has 16 heavy (non-hydrogen) atoms. The third kappa shape index (κ3) is 14.5. The molecule has 0 rings (SSSR count). The van der Waals surface area contributed by atoms with Crippen molar-refractivity contribution in [3.63, 3.8) is 0 Å². The molecule has 0 bridgehead atoms. The maximum atomic E-state index is 8.47. The second kappa shape index (κ2) is 15.5. The van der Waals surface area contributed by atoms with Gasteiger partial charge in [0.15, 0.2) is 0 Å². The van der Waals surface area contributed by atoms with Crippen LogP contribution >= 0.6 is 21.6 Å². The van der Waals surface area contributed by atoms with Gasteiger partial charge < -0.3 is 19.7 Å². The number of aliphatic hydroxyl groups excluding tert-OH is 2. The van der Waals surface area contributed by atoms with Crippen LogP contribution in [0.4, 0.5) is 0 Å². The van der Waals surface area contributed by atoms with Gasteiger partial charge >= 0.3 is 0 Å². The molecule has 4 nitrogen and oxygen atoms in total. The molecule has 0 aromatic rings. The third-order valence-electron chi connectivity index (χ3n) is 1.59. The van der Waals surface area contributed by atoms with Crippen LogP contribution in [0.2, 0.25) is 0 Å². The lowest BCUT2D eigenvalue weighted by molar-refractivity contribution is 0.0932. The van der Waals surface area contributed by atoms with Gasteiger partial charge in [0.2, 0.25) is 0 Å². The fourth-order valence-corrected chi connectivity index (χ4v) is 3.01. The van der Waals surface area contributed by atoms with Crippen LogP contribution in [-0.4, -0.2) is 61.4 Å². The van der Waals surface area contributed by atoms with Crippen molar-refractivity contribution >= 4 is 21.6 Å². The minimum Gasteiger partial charge on any atom is -0.394 e. The van der Waals surface area contributed by atoms with Crippen LogP contribution in [0.3, 0.4) is 0 Å². The molecule has 0 atom stereocenters. The molecule has 0 radical (unpaired) electrons. The van der Waals surface area contributed by atoms with E-state index in [1.807, 2.05) is 21.6 Å². The van der Waals surface area contributed by atoms with Gasteiger partial charge in [-0.1, -0.05) is 21.6 Å². The average molecular weight is 270 g/mol. The SMILES string of the molecule is OCCOCCCSSCCCOCCO. The summed E-state index contributed by atoms with van der Waals surface area (Å²) < 4.78 is 10.3. The van der Waals surface area contributed by atoms with Gasteiger partial charge in [0.1, 0.15) is 0 Å². The van der Waals surface area contributed by atoms with E-state index in [1.54, 1.807) is 0 Å². The lowest BCUT2D eigenvalue weighted by atomic mass is 10.5. The molecule has 0 unspecified atom stereocenters. The van der Waals surface area contributed by atoms with Crippen molar-refractivity contribution in [2.45, 2.75) is 12.8 Å². The molecule has 0 amide bonds. The second-order valence-corrected chi connectivity index (χ2v) is 5.73. The van der Waals surface area contributed by atoms with Crippen LogP contribution < -0.4 is 0 Å². The van der Waals surface area contributed by atoms with Crippen molar-refractivity contribution in [2.24, 2.45) is 0 Å². The minimum atomic E-state index is 0.107. The highest BCUT2D eigenvalue weighted by atomic mass is 33.1. The van der Waals surface area contributed by atoms with Crippen molar-refractivity contribution in [2.75, 3.05) is 51.1 Å². The number of aliphatic hydroxyl groups is 2. The Labute approximate surface area is 105 Å². The first kappa shape index (κ1) is 16.5. The van der Waals surface area contributed by atoms with Gasteiger partial charge in [-0.2, -0.15) is 0 Å². The Balaban J connectivity index is 2.83. The maximum absolute atomic E-state index is 8.47. The summed E-state index contributed by atoms with van der Waals surface area (Å²) in [6, 6.07) is 0. The van der Waals surface area contributed by atoms with Crippen molar-refractivity contribution < 1.29 is 19.7 Å². The lowest BCUT2D eigenvalue weighted by Crippen LogP contribution is -2.01. The van der Waals surface area contributed by atoms with Gasteiger partial charge in [-0.3, -0.25) is 0 Å². The molecular formula is C10H22O4S2. The van der Waals surface area contributed by atoms with Gasteiger partial charge in [0.05, 0.1) is 26.4 Å². The molecule has 0 fully saturated rings. The Hall–Kier alpha value is 0.540. The van der Waals surface area contributed by atoms with E-state index in [0.29, 0.717) is 13.2 Å². The van der Waals surface area contributed by atoms with Gasteiger partial charge in [-0.05, 0) is 12.8 Å². The Morgan fingerprint density at radius 2 is 1.12 bits per heavy atom. The highest BCUT2D eigenvalue weighted by Gasteiger charge is 1.93. The van der Waals surface area contributed by atoms with Gasteiger partial charge in [-0.25, -0.2) is 0 Å². The molecule has 0 spiro atoms. The van der Waals surface area contributed by atoms with Crippen molar-refractivity contribution in [3.8, 4) is 0 Å². The van der Waals surface area contributed by atoms with Crippen LogP contribution in [-0.2, 0) is 9.47 Å². The van der Waals surface area contributed by atoms with E-state index < -0.39 is 0 Å². The zero-order valence-corrected chi connectivity index (χ0v) is 11.2. The van der Waals surface area contributed by atoms with E-state index in [-0.39, 0.29) is 13.2 Å². The first-order chi connectivity index (χ1) is 7.91. The normalized spacial score (nSPS) is 10.9. The summed E-state index contributed by atoms with van der Waals surface area (Å²) in [5, 5.41) is 16.9. The molecule has 0 aliphatic carbocycles. The molecular weight excluding hydrogens is 248 g/mol. The highest BCUT2D eigenvalue weighted by molar-refractivity contribution is 8.76. The fourth-order valence-electron chi connectivity index (χ4n) is 0.891. The summed E-state index contributed by atoms with van der Waals surface area (Å²) in [5.41, 5.74) is 0. The van der Waals surface area contributed by atoms with Crippen LogP contribution in [0.1, 0.15) is 12.8 Å². The smallest absolute Gasteiger partial charge is 0.0697 e. The number of ether oxygens (including phenoxy) is 2. The topological polar surface area (TPSA) is 58.9 Å². The molecule has 0 aliphatic rings. The van der Waals surface area contributed by atoms with Crippen LogP contribution in [0, 0.1) is 0 Å². The Morgan fingerprint density at radius 1 is 0.688 bits per heavy atom. The van der Waals surface area contributed by atoms with E-state index in [4.69, 9.17) is 19.7 Å². The van der Waals surface area contributed by atoms with E-state index in [1.165, 1.54) is 0 Å². The lowest BCUT2D eigenvalue weighted by Gasteiger charge is -2.03. The summed E-state index contributed by atoms with van der Waals surface area (Å²) in [6.45, 7) is 2.56. The maximum Gasteiger partial charge on any atom is 0.0697 e. The monoisotopic (exact) mass is 270 g/mol. The molecule has 0 aromatic carbocycles. The Kier molecular flexibility index (Phi) is 16.1. The Bertz CT molecular complexity index is 113. The van der Waals surface area contributed by atoms with Gasteiger partial charge in [0, 0.05) is 24.7 Å². The van der Waals surface area contributed by atoms with E-state index in [9.17, 15) is 0 Å². The number of rotatable bonds is 13. The van der Waals surface area contributed by atoms with Gasteiger partial charge in [-0.15, -0.1) is 0 Å². The quantitative estimate of drug-likeness (QED) is 0.387. The van der Waals surface area contributed by atoms with Crippen LogP contribution in [0.25, 0.3) is 0 Å². The summed E-state index contributed by atoms with van der Waals surface area (Å²) in [5.74, 6) is 2.15. The largest absolute Gasteiger partial charge is 0.394 e. The summed E-state index contributed by atoms with van der Waals surface area (Å²) in [7, 11) is 3.69. The first-order valence-corrected chi connectivity index (χ1v) is 8.02. The van der Waals surface area contributed by atoms with Gasteiger partial charge in [0.25, 0.3) is 0 Å². The first-order valence-electron chi connectivity index (χ1n) is 5.53. The third-order valence-corrected chi connectivity index (χ3v) is 4.16. The molecule has 0 aromatic heterocycles. The standard InChI is InChI=1S/C10H22O4S2/c11-3-7-13-5-1-9-15-16-10-2-6-14-8-4-12/h11-12H,1-10H2. The molecule has 2 N–H and O–H groups in total. The van der Waals surface area contributed by atoms with E-state index in [0.717, 1.165) is 37.6 Å². The molecule has 0 saturated carbocycles. The van der Waals surface area contributed by atoms with E-state index in [2.05, 4.69) is 0 Å². The van der Waals surface area contributed by atoms with E-state index >= 15 is 0 Å². The zero-order chi connectivity index (χ0) is 11.9. The minimum absolute atomic E-state index is 0.107. The van der Waals surface area contributed by atoms with Crippen molar-refractivity contribution in [1.29, 1.82) is 0 Å². The molecule has 6 heteroatoms. The average Bonchev–Trinajstić information content (AvgIpc) is 2.31. The molecule has 0 heterocycles. The summed E-state index contributed by atoms with van der Waals surface area (Å²) in [6.07, 6.45) is 2.05. The predicted molar refractivity (Wildman–Crippen MR) is 70.0 cm³/mol. The van der Waals surface area contributed by atoms with Crippen molar-refractivity contribution in [1.82, 2.24) is 0 Å². The van der Waals surface area contributed by atoms with Crippen LogP contribution in [0.5, 0.6) is 0 Å². The summed E-state index contributed by atoms with van der Waals surface area (Å²) in [4.78, 5) is 0. The fraction of sp³-hybridized carbons (Fsp3) is 1.00. The highest BCUT2D eigenvalue weighted by Crippen LogP contribution is 2.22. The number of hydrogen-bond donors (Lipinski definition) is 2. The second-order valence-electron chi connectivity index (χ2n) is 3.02. The summed E-state index contributed by atoms with van der Waals surface area (Å²) >= 11 is 0. The van der Waals surface area contributed by atoms with Crippen molar-refractivity contribution in [3.05, 3.63) is 0 Å². The molecule has 0 aliphatic heterocycles. The zero-order valence-electron chi connectivity index (χ0n) is 9.60. The predicted octanol–water partition coefficient (Wildman–Crippen LogP) is 1.17. The Morgan fingerprint density at radius 3 is 1.50 bits per heavy atom. The molecule has 0 saturated heterocycles. The molecule has 98 valence electrons. The number of hydrogen-bond acceptors (Lipinski definition) is 6.